The zero-order valence-electron chi connectivity index (χ0n) is 19.4. The third-order valence-corrected chi connectivity index (χ3v) is 8.61. The molecule has 0 saturated carbocycles. The number of halogens is 1. The number of aromatic nitrogens is 1. The predicted octanol–water partition coefficient (Wildman–Crippen LogP) is 0.501. The largest absolute Gasteiger partial charge is 0.481 e. The van der Waals surface area contributed by atoms with E-state index in [9.17, 15) is 27.2 Å². The van der Waals surface area contributed by atoms with E-state index in [0.717, 1.165) is 6.07 Å². The van der Waals surface area contributed by atoms with E-state index in [1.165, 1.54) is 40.7 Å². The molecular formula is C23H24FN5O6S. The van der Waals surface area contributed by atoms with Gasteiger partial charge in [-0.1, -0.05) is 0 Å². The van der Waals surface area contributed by atoms with Crippen LogP contribution in [-0.2, 0) is 26.2 Å². The molecule has 190 valence electrons. The van der Waals surface area contributed by atoms with Crippen molar-refractivity contribution in [2.75, 3.05) is 38.2 Å². The van der Waals surface area contributed by atoms with E-state index in [2.05, 4.69) is 10.3 Å². The van der Waals surface area contributed by atoms with Crippen molar-refractivity contribution in [3.8, 4) is 5.88 Å². The van der Waals surface area contributed by atoms with Crippen LogP contribution in [0, 0.1) is 5.82 Å². The second-order valence-electron chi connectivity index (χ2n) is 8.78. The minimum atomic E-state index is -3.77. The number of fused-ring (bicyclic) bond motifs is 1. The molecule has 1 aromatic carbocycles. The lowest BCUT2D eigenvalue weighted by molar-refractivity contribution is -0.136. The number of hydrogen-bond acceptors (Lipinski definition) is 8. The lowest BCUT2D eigenvalue weighted by Gasteiger charge is -2.36. The number of piperidine rings is 1. The lowest BCUT2D eigenvalue weighted by Crippen LogP contribution is -2.52. The molecule has 1 aromatic heterocycles. The average Bonchev–Trinajstić information content (AvgIpc) is 3.19. The minimum Gasteiger partial charge on any atom is -0.481 e. The van der Waals surface area contributed by atoms with Crippen LogP contribution in [0.15, 0.2) is 35.4 Å². The summed E-state index contributed by atoms with van der Waals surface area (Å²) in [6.07, 6.45) is 1.58. The van der Waals surface area contributed by atoms with Crippen LogP contribution in [0.3, 0.4) is 0 Å². The fourth-order valence-corrected chi connectivity index (χ4v) is 6.22. The molecule has 2 fully saturated rings. The standard InChI is InChI=1S/C23H24FN5O6S/c1-35-21-5-2-15(12-25-21)36(33,34)28-8-6-27(7-9-28)19-11-14(24)10-16-17(19)13-29(23(16)32)18-3-4-20(30)26-22(18)31/h2,5,10-12,18H,3-4,6-9,13H2,1H3,(H,26,30,31). The number of sulfonamides is 1. The number of imide groups is 1. The van der Waals surface area contributed by atoms with E-state index in [4.69, 9.17) is 4.74 Å². The number of carbonyl (C=O) groups excluding carboxylic acids is 3. The molecule has 1 atom stereocenters. The number of benzene rings is 1. The Bertz CT molecular complexity index is 1340. The highest BCUT2D eigenvalue weighted by molar-refractivity contribution is 7.89. The van der Waals surface area contributed by atoms with Gasteiger partial charge in [0.25, 0.3) is 5.91 Å². The van der Waals surface area contributed by atoms with Gasteiger partial charge in [-0.3, -0.25) is 19.7 Å². The highest BCUT2D eigenvalue weighted by Gasteiger charge is 2.41. The number of rotatable bonds is 5. The maximum Gasteiger partial charge on any atom is 0.255 e. The molecule has 13 heteroatoms. The van der Waals surface area contributed by atoms with Crippen LogP contribution in [0.25, 0.3) is 0 Å². The third-order valence-electron chi connectivity index (χ3n) is 6.73. The first kappa shape index (κ1) is 24.1. The minimum absolute atomic E-state index is 0.0499. The number of nitrogens with one attached hydrogen (secondary N) is 1. The monoisotopic (exact) mass is 517 g/mol. The smallest absolute Gasteiger partial charge is 0.255 e. The van der Waals surface area contributed by atoms with Crippen molar-refractivity contribution in [3.05, 3.63) is 47.4 Å². The van der Waals surface area contributed by atoms with Crippen LogP contribution in [0.4, 0.5) is 10.1 Å². The number of amides is 3. The SMILES string of the molecule is COc1ccc(S(=O)(=O)N2CCN(c3cc(F)cc4c3CN(C3CCC(=O)NC3=O)C4=O)CC2)cn1. The first-order valence-corrected chi connectivity index (χ1v) is 12.9. The first-order valence-electron chi connectivity index (χ1n) is 11.4. The molecule has 4 heterocycles. The summed E-state index contributed by atoms with van der Waals surface area (Å²) >= 11 is 0. The normalized spacial score (nSPS) is 20.9. The Balaban J connectivity index is 1.34. The van der Waals surface area contributed by atoms with E-state index in [-0.39, 0.29) is 61.9 Å². The second-order valence-corrected chi connectivity index (χ2v) is 10.7. The Hall–Kier alpha value is -3.58. The second kappa shape index (κ2) is 9.13. The van der Waals surface area contributed by atoms with Gasteiger partial charge in [0.2, 0.25) is 27.7 Å². The Kier molecular flexibility index (Phi) is 6.12. The molecule has 11 nitrogen and oxygen atoms in total. The number of anilines is 1. The summed E-state index contributed by atoms with van der Waals surface area (Å²) in [5.74, 6) is -1.68. The Morgan fingerprint density at radius 1 is 1.11 bits per heavy atom. The number of nitrogens with zero attached hydrogens (tertiary/aromatic N) is 4. The maximum absolute atomic E-state index is 14.6. The molecule has 0 radical (unpaired) electrons. The molecule has 5 rings (SSSR count). The summed E-state index contributed by atoms with van der Waals surface area (Å²) in [6, 6.07) is 4.59. The van der Waals surface area contributed by atoms with Crippen molar-refractivity contribution in [2.45, 2.75) is 30.3 Å². The fraction of sp³-hybridized carbons (Fsp3) is 0.391. The van der Waals surface area contributed by atoms with Crippen molar-refractivity contribution in [1.82, 2.24) is 19.5 Å². The topological polar surface area (TPSA) is 129 Å². The van der Waals surface area contributed by atoms with Gasteiger partial charge in [-0.15, -0.1) is 0 Å². The molecule has 0 aliphatic carbocycles. The van der Waals surface area contributed by atoms with Crippen molar-refractivity contribution < 1.29 is 31.9 Å². The fourth-order valence-electron chi connectivity index (χ4n) is 4.85. The van der Waals surface area contributed by atoms with E-state index in [1.54, 1.807) is 0 Å². The van der Waals surface area contributed by atoms with Crippen LogP contribution >= 0.6 is 0 Å². The van der Waals surface area contributed by atoms with Crippen LogP contribution < -0.4 is 15.0 Å². The van der Waals surface area contributed by atoms with Gasteiger partial charge in [-0.25, -0.2) is 17.8 Å². The average molecular weight is 518 g/mol. The summed E-state index contributed by atoms with van der Waals surface area (Å²) in [7, 11) is -2.33. The molecule has 2 aromatic rings. The van der Waals surface area contributed by atoms with Gasteiger partial charge in [0, 0.05) is 62.0 Å². The predicted molar refractivity (Wildman–Crippen MR) is 124 cm³/mol. The molecular weight excluding hydrogens is 493 g/mol. The quantitative estimate of drug-likeness (QED) is 0.568. The molecule has 36 heavy (non-hydrogen) atoms. The van der Waals surface area contributed by atoms with Gasteiger partial charge in [0.05, 0.1) is 13.3 Å². The van der Waals surface area contributed by atoms with Crippen molar-refractivity contribution in [3.63, 3.8) is 0 Å². The van der Waals surface area contributed by atoms with Crippen molar-refractivity contribution in [2.24, 2.45) is 0 Å². The molecule has 0 spiro atoms. The molecule has 1 unspecified atom stereocenters. The zero-order valence-corrected chi connectivity index (χ0v) is 20.3. The van der Waals surface area contributed by atoms with Crippen LogP contribution in [0.1, 0.15) is 28.8 Å². The van der Waals surface area contributed by atoms with Gasteiger partial charge in [-0.2, -0.15) is 4.31 Å². The lowest BCUT2D eigenvalue weighted by atomic mass is 10.0. The van der Waals surface area contributed by atoms with E-state index in [1.807, 2.05) is 4.90 Å². The van der Waals surface area contributed by atoms with Crippen LogP contribution in [0.2, 0.25) is 0 Å². The number of carbonyl (C=O) groups is 3. The molecule has 3 aliphatic rings. The molecule has 3 aliphatic heterocycles. The summed E-state index contributed by atoms with van der Waals surface area (Å²) in [5.41, 5.74) is 1.26. The van der Waals surface area contributed by atoms with Gasteiger partial charge in [0.15, 0.2) is 0 Å². The third kappa shape index (κ3) is 4.17. The van der Waals surface area contributed by atoms with E-state index in [0.29, 0.717) is 17.1 Å². The number of ether oxygens (including phenoxy) is 1. The molecule has 0 bridgehead atoms. The summed E-state index contributed by atoms with van der Waals surface area (Å²) in [5, 5.41) is 2.25. The zero-order chi connectivity index (χ0) is 25.6. The van der Waals surface area contributed by atoms with Gasteiger partial charge in [0.1, 0.15) is 16.8 Å². The Morgan fingerprint density at radius 2 is 1.86 bits per heavy atom. The molecule has 3 amide bonds. The summed E-state index contributed by atoms with van der Waals surface area (Å²) in [6.45, 7) is 0.984. The number of hydrogen-bond donors (Lipinski definition) is 1. The van der Waals surface area contributed by atoms with Gasteiger partial charge in [-0.05, 0) is 24.6 Å². The van der Waals surface area contributed by atoms with Crippen LogP contribution in [-0.4, -0.2) is 79.7 Å². The number of pyridine rings is 1. The van der Waals surface area contributed by atoms with E-state index < -0.39 is 33.7 Å². The molecule has 2 saturated heterocycles. The van der Waals surface area contributed by atoms with Crippen molar-refractivity contribution >= 4 is 33.4 Å². The first-order chi connectivity index (χ1) is 17.2. The summed E-state index contributed by atoms with van der Waals surface area (Å²) < 4.78 is 47.0. The maximum atomic E-state index is 14.6. The molecule has 1 N–H and O–H groups in total. The number of methoxy groups -OCH3 is 1. The highest BCUT2D eigenvalue weighted by Crippen LogP contribution is 2.36. The van der Waals surface area contributed by atoms with E-state index >= 15 is 0 Å². The number of piperazine rings is 1. The van der Waals surface area contributed by atoms with Gasteiger partial charge >= 0.3 is 0 Å². The highest BCUT2D eigenvalue weighted by atomic mass is 32.2. The summed E-state index contributed by atoms with van der Waals surface area (Å²) in [4.78, 5) is 44.2. The van der Waals surface area contributed by atoms with Gasteiger partial charge < -0.3 is 14.5 Å². The van der Waals surface area contributed by atoms with Crippen LogP contribution in [0.5, 0.6) is 5.88 Å². The Morgan fingerprint density at radius 3 is 2.50 bits per heavy atom. The van der Waals surface area contributed by atoms with Crippen molar-refractivity contribution in [1.29, 1.82) is 0 Å². The Labute approximate surface area is 206 Å².